The van der Waals surface area contributed by atoms with Crippen molar-refractivity contribution in [3.8, 4) is 0 Å². The Morgan fingerprint density at radius 1 is 0.964 bits per heavy atom. The molecule has 146 valence electrons. The van der Waals surface area contributed by atoms with Gasteiger partial charge >= 0.3 is 0 Å². The van der Waals surface area contributed by atoms with Crippen LogP contribution in [0.2, 0.25) is 0 Å². The zero-order chi connectivity index (χ0) is 18.9. The number of piperidine rings is 1. The van der Waals surface area contributed by atoms with Crippen LogP contribution < -0.4 is 0 Å². The van der Waals surface area contributed by atoms with Gasteiger partial charge in [0, 0.05) is 30.9 Å². The number of aryl methyl sites for hydroxylation is 1. The number of benzene rings is 1. The fourth-order valence-electron chi connectivity index (χ4n) is 4.30. The molecular weight excluding hydrogens is 348 g/mol. The first-order valence-electron chi connectivity index (χ1n) is 10.4. The van der Waals surface area contributed by atoms with Crippen LogP contribution in [0, 0.1) is 6.92 Å². The van der Waals surface area contributed by atoms with E-state index in [1.54, 1.807) is 0 Å². The quantitative estimate of drug-likeness (QED) is 0.660. The summed E-state index contributed by atoms with van der Waals surface area (Å²) in [4.78, 5) is 6.73. The fourth-order valence-corrected chi connectivity index (χ4v) is 4.30. The lowest BCUT2D eigenvalue weighted by Crippen LogP contribution is -2.33. The second-order valence-corrected chi connectivity index (χ2v) is 8.35. The molecule has 2 fully saturated rings. The minimum absolute atomic E-state index is 0.527. The van der Waals surface area contributed by atoms with E-state index in [4.69, 9.17) is 0 Å². The maximum absolute atomic E-state index is 4.66. The number of rotatable bonds is 6. The lowest BCUT2D eigenvalue weighted by molar-refractivity contribution is 0.200. The van der Waals surface area contributed by atoms with Gasteiger partial charge < -0.3 is 9.13 Å². The van der Waals surface area contributed by atoms with Crippen LogP contribution in [0.15, 0.2) is 43.0 Å². The van der Waals surface area contributed by atoms with Crippen molar-refractivity contribution in [1.82, 2.24) is 29.2 Å². The van der Waals surface area contributed by atoms with Gasteiger partial charge in [0.05, 0.1) is 12.9 Å². The van der Waals surface area contributed by atoms with E-state index in [0.29, 0.717) is 12.0 Å². The van der Waals surface area contributed by atoms with Gasteiger partial charge in [0.1, 0.15) is 5.82 Å². The Hall–Kier alpha value is -2.47. The van der Waals surface area contributed by atoms with E-state index in [2.05, 4.69) is 60.4 Å². The Kier molecular flexibility index (Phi) is 4.72. The highest BCUT2D eigenvalue weighted by Crippen LogP contribution is 2.40. The molecule has 2 aromatic heterocycles. The number of imidazole rings is 1. The van der Waals surface area contributed by atoms with Crippen LogP contribution in [0.4, 0.5) is 0 Å². The van der Waals surface area contributed by atoms with Gasteiger partial charge in [-0.2, -0.15) is 0 Å². The maximum Gasteiger partial charge on any atom is 0.153 e. The third-order valence-electron chi connectivity index (χ3n) is 6.07. The molecule has 1 aliphatic carbocycles. The van der Waals surface area contributed by atoms with Crippen molar-refractivity contribution in [2.24, 2.45) is 0 Å². The summed E-state index contributed by atoms with van der Waals surface area (Å²) in [7, 11) is 0. The van der Waals surface area contributed by atoms with Crippen LogP contribution in [0.25, 0.3) is 0 Å². The molecule has 1 saturated carbocycles. The van der Waals surface area contributed by atoms with E-state index < -0.39 is 0 Å². The summed E-state index contributed by atoms with van der Waals surface area (Å²) in [5.41, 5.74) is 2.74. The molecule has 1 aliphatic heterocycles. The largest absolute Gasteiger partial charge is 0.330 e. The van der Waals surface area contributed by atoms with Gasteiger partial charge in [-0.1, -0.05) is 29.8 Å². The molecule has 0 unspecified atom stereocenters. The number of hydrogen-bond donors (Lipinski definition) is 0. The number of likely N-dealkylation sites (tertiary alicyclic amines) is 1. The normalized spacial score (nSPS) is 18.6. The molecule has 0 amide bonds. The third kappa shape index (κ3) is 3.74. The first-order chi connectivity index (χ1) is 13.8. The zero-order valence-corrected chi connectivity index (χ0v) is 16.5. The molecule has 1 aromatic carbocycles. The van der Waals surface area contributed by atoms with Crippen LogP contribution in [0.5, 0.6) is 0 Å². The lowest BCUT2D eigenvalue weighted by atomic mass is 9.95. The average molecular weight is 377 g/mol. The first kappa shape index (κ1) is 17.6. The molecule has 0 radical (unpaired) electrons. The number of aromatic nitrogens is 5. The van der Waals surface area contributed by atoms with Crippen molar-refractivity contribution in [3.05, 3.63) is 65.8 Å². The summed E-state index contributed by atoms with van der Waals surface area (Å²) in [5.74, 6) is 2.82. The maximum atomic E-state index is 4.66. The molecule has 5 rings (SSSR count). The Balaban J connectivity index is 1.26. The predicted molar refractivity (Wildman–Crippen MR) is 108 cm³/mol. The standard InChI is InChI=1S/C22H28N6/c1-17-2-4-18(5-3-17)14-26-11-8-19(9-12-26)22-25-24-21(28(22)20-6-7-20)15-27-13-10-23-16-27/h2-5,10,13,16,19-20H,6-9,11-12,14-15H2,1H3. The molecule has 1 saturated heterocycles. The van der Waals surface area contributed by atoms with Crippen LogP contribution in [-0.2, 0) is 13.1 Å². The molecule has 0 atom stereocenters. The van der Waals surface area contributed by atoms with Crippen molar-refractivity contribution in [2.75, 3.05) is 13.1 Å². The monoisotopic (exact) mass is 376 g/mol. The van der Waals surface area contributed by atoms with Crippen molar-refractivity contribution >= 4 is 0 Å². The highest BCUT2D eigenvalue weighted by molar-refractivity contribution is 5.21. The molecule has 0 bridgehead atoms. The molecule has 28 heavy (non-hydrogen) atoms. The van der Waals surface area contributed by atoms with E-state index in [9.17, 15) is 0 Å². The fraction of sp³-hybridized carbons (Fsp3) is 0.500. The Morgan fingerprint density at radius 3 is 2.43 bits per heavy atom. The van der Waals surface area contributed by atoms with Crippen LogP contribution >= 0.6 is 0 Å². The van der Waals surface area contributed by atoms with E-state index in [1.807, 2.05) is 18.7 Å². The summed E-state index contributed by atoms with van der Waals surface area (Å²) in [6, 6.07) is 9.54. The average Bonchev–Trinajstić information content (AvgIpc) is 3.26. The second kappa shape index (κ2) is 7.51. The van der Waals surface area contributed by atoms with Gasteiger partial charge in [0.25, 0.3) is 0 Å². The molecular formula is C22H28N6. The summed E-state index contributed by atoms with van der Waals surface area (Å²) in [6.45, 7) is 6.22. The lowest BCUT2D eigenvalue weighted by Gasteiger charge is -2.31. The van der Waals surface area contributed by atoms with Gasteiger partial charge in [-0.25, -0.2) is 4.98 Å². The van der Waals surface area contributed by atoms with Gasteiger partial charge in [-0.15, -0.1) is 10.2 Å². The molecule has 2 aliphatic rings. The van der Waals surface area contributed by atoms with Crippen molar-refractivity contribution < 1.29 is 0 Å². The smallest absolute Gasteiger partial charge is 0.153 e. The number of hydrogen-bond acceptors (Lipinski definition) is 4. The second-order valence-electron chi connectivity index (χ2n) is 8.35. The molecule has 3 aromatic rings. The highest BCUT2D eigenvalue weighted by Gasteiger charge is 2.33. The van der Waals surface area contributed by atoms with Gasteiger partial charge in [-0.05, 0) is 51.3 Å². The van der Waals surface area contributed by atoms with Gasteiger partial charge in [0.15, 0.2) is 5.82 Å². The molecule has 6 nitrogen and oxygen atoms in total. The summed E-state index contributed by atoms with van der Waals surface area (Å²) >= 11 is 0. The van der Waals surface area contributed by atoms with E-state index in [-0.39, 0.29) is 0 Å². The van der Waals surface area contributed by atoms with Crippen LogP contribution in [0.3, 0.4) is 0 Å². The Labute approximate surface area is 166 Å². The van der Waals surface area contributed by atoms with Crippen molar-refractivity contribution in [3.63, 3.8) is 0 Å². The van der Waals surface area contributed by atoms with Crippen LogP contribution in [-0.4, -0.2) is 42.3 Å². The van der Waals surface area contributed by atoms with Gasteiger partial charge in [0.2, 0.25) is 0 Å². The minimum atomic E-state index is 0.527. The SMILES string of the molecule is Cc1ccc(CN2CCC(c3nnc(Cn4ccnc4)n3C3CC3)CC2)cc1. The summed E-state index contributed by atoms with van der Waals surface area (Å²) in [6.07, 6.45) is 10.5. The van der Waals surface area contributed by atoms with Crippen molar-refractivity contribution in [2.45, 2.75) is 57.7 Å². The Bertz CT molecular complexity index is 899. The van der Waals surface area contributed by atoms with Crippen LogP contribution in [0.1, 0.15) is 60.4 Å². The molecule has 3 heterocycles. The zero-order valence-electron chi connectivity index (χ0n) is 16.5. The minimum Gasteiger partial charge on any atom is -0.330 e. The van der Waals surface area contributed by atoms with E-state index in [0.717, 1.165) is 32.0 Å². The predicted octanol–water partition coefficient (Wildman–Crippen LogP) is 3.55. The third-order valence-corrected chi connectivity index (χ3v) is 6.07. The molecule has 0 spiro atoms. The highest BCUT2D eigenvalue weighted by atomic mass is 15.3. The number of nitrogens with zero attached hydrogens (tertiary/aromatic N) is 6. The summed E-state index contributed by atoms with van der Waals surface area (Å²) < 4.78 is 4.52. The van der Waals surface area contributed by atoms with E-state index in [1.165, 1.54) is 42.6 Å². The topological polar surface area (TPSA) is 51.8 Å². The van der Waals surface area contributed by atoms with E-state index >= 15 is 0 Å². The Morgan fingerprint density at radius 2 is 1.75 bits per heavy atom. The van der Waals surface area contributed by atoms with Gasteiger partial charge in [-0.3, -0.25) is 4.90 Å². The van der Waals surface area contributed by atoms with Crippen molar-refractivity contribution in [1.29, 1.82) is 0 Å². The molecule has 0 N–H and O–H groups in total. The molecule has 6 heteroatoms. The first-order valence-corrected chi connectivity index (χ1v) is 10.4. The summed E-state index contributed by atoms with van der Waals surface area (Å²) in [5, 5.41) is 9.23.